The Balaban J connectivity index is 1.47. The number of carbonyl (C=O) groups excluding carboxylic acids is 2. The second-order valence-electron chi connectivity index (χ2n) is 7.57. The number of nitrogens with one attached hydrogen (secondary N) is 3. The second kappa shape index (κ2) is 9.45. The van der Waals surface area contributed by atoms with Crippen molar-refractivity contribution in [2.45, 2.75) is 38.5 Å². The molecule has 30 heavy (non-hydrogen) atoms. The van der Waals surface area contributed by atoms with Crippen molar-refractivity contribution in [2.75, 3.05) is 25.6 Å². The van der Waals surface area contributed by atoms with Crippen molar-refractivity contribution in [1.82, 2.24) is 10.3 Å². The number of H-pyrrole nitrogens is 1. The predicted octanol–water partition coefficient (Wildman–Crippen LogP) is 4.06. The Morgan fingerprint density at radius 1 is 1.20 bits per heavy atom. The molecule has 2 heterocycles. The fraction of sp³-hybridized carbons (Fsp3) is 0.391. The molecule has 1 aliphatic rings. The predicted molar refractivity (Wildman–Crippen MR) is 120 cm³/mol. The zero-order chi connectivity index (χ0) is 20.9. The molecular weight excluding hydrogens is 398 g/mol. The number of aryl methyl sites for hydroxylation is 2. The van der Waals surface area contributed by atoms with Crippen LogP contribution in [-0.2, 0) is 28.8 Å². The lowest BCUT2D eigenvalue weighted by molar-refractivity contribution is -0.116. The van der Waals surface area contributed by atoms with E-state index in [2.05, 4.69) is 21.7 Å². The van der Waals surface area contributed by atoms with Crippen LogP contribution in [0.15, 0.2) is 30.5 Å². The van der Waals surface area contributed by atoms with Crippen LogP contribution in [0.1, 0.15) is 45.6 Å². The Hall–Kier alpha value is -2.64. The van der Waals surface area contributed by atoms with Gasteiger partial charge in [0.25, 0.3) is 5.91 Å². The molecule has 3 aromatic rings. The Labute approximate surface area is 180 Å². The Morgan fingerprint density at radius 3 is 2.90 bits per heavy atom. The highest BCUT2D eigenvalue weighted by atomic mass is 32.1. The van der Waals surface area contributed by atoms with E-state index < -0.39 is 0 Å². The van der Waals surface area contributed by atoms with Crippen LogP contribution in [0, 0.1) is 0 Å². The van der Waals surface area contributed by atoms with Crippen LogP contribution in [0.5, 0.6) is 0 Å². The quantitative estimate of drug-likeness (QED) is 0.476. The van der Waals surface area contributed by atoms with Crippen LogP contribution in [0.25, 0.3) is 10.9 Å². The molecule has 0 fully saturated rings. The largest absolute Gasteiger partial charge is 0.383 e. The summed E-state index contributed by atoms with van der Waals surface area (Å²) < 4.78 is 5.03. The lowest BCUT2D eigenvalue weighted by Gasteiger charge is -2.13. The maximum atomic E-state index is 12.8. The number of methoxy groups -OCH3 is 1. The lowest BCUT2D eigenvalue weighted by Crippen LogP contribution is -2.28. The van der Waals surface area contributed by atoms with Crippen molar-refractivity contribution in [2.24, 2.45) is 0 Å². The minimum Gasteiger partial charge on any atom is -0.383 e. The van der Waals surface area contributed by atoms with Gasteiger partial charge in [-0.25, -0.2) is 0 Å². The molecule has 0 saturated heterocycles. The van der Waals surface area contributed by atoms with Gasteiger partial charge in [-0.05, 0) is 49.3 Å². The average Bonchev–Trinajstić information content (AvgIpc) is 3.33. The molecule has 4 rings (SSSR count). The first-order chi connectivity index (χ1) is 14.7. The average molecular weight is 426 g/mol. The van der Waals surface area contributed by atoms with Crippen molar-refractivity contribution < 1.29 is 14.3 Å². The number of carbonyl (C=O) groups is 2. The van der Waals surface area contributed by atoms with Gasteiger partial charge >= 0.3 is 0 Å². The number of para-hydroxylation sites is 1. The molecule has 0 saturated carbocycles. The van der Waals surface area contributed by atoms with Gasteiger partial charge in [0.05, 0.1) is 12.2 Å². The molecule has 1 aliphatic carbocycles. The minimum atomic E-state index is -0.127. The molecule has 2 aromatic heterocycles. The molecule has 0 unspecified atom stereocenters. The topological polar surface area (TPSA) is 83.2 Å². The van der Waals surface area contributed by atoms with E-state index in [9.17, 15) is 9.59 Å². The van der Waals surface area contributed by atoms with E-state index >= 15 is 0 Å². The number of aromatic nitrogens is 1. The molecule has 0 spiro atoms. The molecule has 0 radical (unpaired) electrons. The van der Waals surface area contributed by atoms with Crippen LogP contribution in [0.2, 0.25) is 0 Å². The molecule has 2 amide bonds. The first-order valence-electron chi connectivity index (χ1n) is 10.4. The highest BCUT2D eigenvalue weighted by Gasteiger charge is 2.26. The number of hydrogen-bond donors (Lipinski definition) is 3. The number of ether oxygens (including phenoxy) is 1. The molecule has 158 valence electrons. The molecule has 6 nitrogen and oxygen atoms in total. The van der Waals surface area contributed by atoms with Crippen LogP contribution in [0.3, 0.4) is 0 Å². The normalized spacial score (nSPS) is 13.2. The number of fused-ring (bicyclic) bond motifs is 2. The summed E-state index contributed by atoms with van der Waals surface area (Å²) in [6, 6.07) is 8.09. The Morgan fingerprint density at radius 2 is 2.03 bits per heavy atom. The van der Waals surface area contributed by atoms with Gasteiger partial charge in [-0.2, -0.15) is 0 Å². The third-order valence-corrected chi connectivity index (χ3v) is 6.75. The summed E-state index contributed by atoms with van der Waals surface area (Å²) in [5.41, 5.74) is 3.96. The summed E-state index contributed by atoms with van der Waals surface area (Å²) in [6.07, 6.45) is 7.07. The van der Waals surface area contributed by atoms with E-state index in [0.29, 0.717) is 36.6 Å². The molecule has 0 bridgehead atoms. The first-order valence-corrected chi connectivity index (χ1v) is 11.3. The van der Waals surface area contributed by atoms with Crippen molar-refractivity contribution in [3.05, 3.63) is 52.0 Å². The summed E-state index contributed by atoms with van der Waals surface area (Å²) in [5.74, 6) is -0.191. The molecule has 1 aromatic carbocycles. The first kappa shape index (κ1) is 20.6. The van der Waals surface area contributed by atoms with Crippen LogP contribution >= 0.6 is 11.3 Å². The van der Waals surface area contributed by atoms with E-state index in [0.717, 1.165) is 47.7 Å². The summed E-state index contributed by atoms with van der Waals surface area (Å²) in [5, 5.41) is 7.77. The van der Waals surface area contributed by atoms with Crippen molar-refractivity contribution in [3.8, 4) is 0 Å². The zero-order valence-corrected chi connectivity index (χ0v) is 18.0. The summed E-state index contributed by atoms with van der Waals surface area (Å²) in [7, 11) is 1.61. The third-order valence-electron chi connectivity index (χ3n) is 5.54. The van der Waals surface area contributed by atoms with Gasteiger partial charge < -0.3 is 20.4 Å². The highest BCUT2D eigenvalue weighted by Crippen LogP contribution is 2.38. The number of aromatic amines is 1. The van der Waals surface area contributed by atoms with Crippen molar-refractivity contribution in [1.29, 1.82) is 0 Å². The standard InChI is InChI=1S/C23H27N3O3S/c1-29-13-12-24-22(28)21-17-7-3-5-9-19(17)30-23(21)26-20(27)11-10-15-14-25-18-8-4-2-6-16(15)18/h2,4,6,8,14,25H,3,5,7,9-13H2,1H3,(H,24,28)(H,26,27). The number of thiophene rings is 1. The molecular formula is C23H27N3O3S. The lowest BCUT2D eigenvalue weighted by atomic mass is 9.95. The van der Waals surface area contributed by atoms with Crippen molar-refractivity contribution in [3.63, 3.8) is 0 Å². The Bertz CT molecular complexity index is 1050. The maximum absolute atomic E-state index is 12.8. The van der Waals surface area contributed by atoms with Gasteiger partial charge in [-0.3, -0.25) is 9.59 Å². The van der Waals surface area contributed by atoms with Crippen LogP contribution in [-0.4, -0.2) is 37.1 Å². The van der Waals surface area contributed by atoms with Gasteiger partial charge in [0, 0.05) is 42.1 Å². The summed E-state index contributed by atoms with van der Waals surface area (Å²) in [6.45, 7) is 0.915. The van der Waals surface area contributed by atoms with Gasteiger partial charge in [0.2, 0.25) is 5.91 Å². The Kier molecular flexibility index (Phi) is 6.50. The minimum absolute atomic E-state index is 0.0650. The molecule has 7 heteroatoms. The highest BCUT2D eigenvalue weighted by molar-refractivity contribution is 7.17. The van der Waals surface area contributed by atoms with E-state index in [-0.39, 0.29) is 11.8 Å². The maximum Gasteiger partial charge on any atom is 0.254 e. The third kappa shape index (κ3) is 4.42. The fourth-order valence-electron chi connectivity index (χ4n) is 4.02. The van der Waals surface area contributed by atoms with Gasteiger partial charge in [0.15, 0.2) is 0 Å². The van der Waals surface area contributed by atoms with E-state index in [4.69, 9.17) is 4.74 Å². The van der Waals surface area contributed by atoms with Gasteiger partial charge in [-0.1, -0.05) is 18.2 Å². The molecule has 3 N–H and O–H groups in total. The SMILES string of the molecule is COCCNC(=O)c1c(NC(=O)CCc2c[nH]c3ccccc23)sc2c1CCCC2. The number of hydrogen-bond acceptors (Lipinski definition) is 4. The molecule has 0 atom stereocenters. The number of amides is 2. The number of anilines is 1. The molecule has 0 aliphatic heterocycles. The van der Waals surface area contributed by atoms with E-state index in [1.54, 1.807) is 18.4 Å². The smallest absolute Gasteiger partial charge is 0.254 e. The zero-order valence-electron chi connectivity index (χ0n) is 17.2. The van der Waals surface area contributed by atoms with Crippen LogP contribution < -0.4 is 10.6 Å². The summed E-state index contributed by atoms with van der Waals surface area (Å²) >= 11 is 1.55. The van der Waals surface area contributed by atoms with E-state index in [1.165, 1.54) is 4.88 Å². The fourth-order valence-corrected chi connectivity index (χ4v) is 5.33. The van der Waals surface area contributed by atoms with Crippen LogP contribution in [0.4, 0.5) is 5.00 Å². The van der Waals surface area contributed by atoms with E-state index in [1.807, 2.05) is 24.4 Å². The number of benzene rings is 1. The monoisotopic (exact) mass is 425 g/mol. The van der Waals surface area contributed by atoms with Gasteiger partial charge in [-0.15, -0.1) is 11.3 Å². The van der Waals surface area contributed by atoms with Gasteiger partial charge in [0.1, 0.15) is 5.00 Å². The second-order valence-corrected chi connectivity index (χ2v) is 8.68. The van der Waals surface area contributed by atoms with Crippen molar-refractivity contribution >= 4 is 39.1 Å². The summed E-state index contributed by atoms with van der Waals surface area (Å²) in [4.78, 5) is 30.0. The number of rotatable bonds is 8.